The molecule has 1 rings (SSSR count). The summed E-state index contributed by atoms with van der Waals surface area (Å²) in [6, 6.07) is 5.88. The number of benzene rings is 1. The van der Waals surface area contributed by atoms with Crippen LogP contribution in [0.25, 0.3) is 0 Å². The summed E-state index contributed by atoms with van der Waals surface area (Å²) in [6.45, 7) is 4.10. The first kappa shape index (κ1) is 15.7. The van der Waals surface area contributed by atoms with Crippen molar-refractivity contribution in [2.45, 2.75) is 31.3 Å². The van der Waals surface area contributed by atoms with Crippen LogP contribution >= 0.6 is 0 Å². The minimum absolute atomic E-state index is 0.0765. The van der Waals surface area contributed by atoms with Crippen molar-refractivity contribution in [2.75, 3.05) is 6.26 Å². The molecule has 0 aliphatic carbocycles. The standard InChI is InChI=1S/C13H20N2O3S/c1-9(2)12(14)13(16)15-8-10-4-6-11(7-5-10)19(3,17)18/h4-7,9,12H,8,14H2,1-3H3,(H,15,16)/t12-/m1/s1. The van der Waals surface area contributed by atoms with Gasteiger partial charge in [-0.3, -0.25) is 4.79 Å². The van der Waals surface area contributed by atoms with E-state index < -0.39 is 15.9 Å². The van der Waals surface area contributed by atoms with Crippen molar-refractivity contribution in [2.24, 2.45) is 11.7 Å². The van der Waals surface area contributed by atoms with E-state index in [2.05, 4.69) is 5.32 Å². The number of nitrogens with one attached hydrogen (secondary N) is 1. The normalized spacial score (nSPS) is 13.3. The summed E-state index contributed by atoms with van der Waals surface area (Å²) >= 11 is 0. The Kier molecular flexibility index (Phi) is 5.08. The predicted octanol–water partition coefficient (Wildman–Crippen LogP) is 0.690. The summed E-state index contributed by atoms with van der Waals surface area (Å²) < 4.78 is 22.6. The first-order valence-corrected chi connectivity index (χ1v) is 7.93. The number of carbonyl (C=O) groups is 1. The van der Waals surface area contributed by atoms with Gasteiger partial charge in [-0.1, -0.05) is 26.0 Å². The fourth-order valence-corrected chi connectivity index (χ4v) is 2.09. The van der Waals surface area contributed by atoms with Gasteiger partial charge in [-0.2, -0.15) is 0 Å². The average molecular weight is 284 g/mol. The van der Waals surface area contributed by atoms with Gasteiger partial charge in [0.25, 0.3) is 0 Å². The Morgan fingerprint density at radius 3 is 2.21 bits per heavy atom. The summed E-state index contributed by atoms with van der Waals surface area (Å²) in [4.78, 5) is 11.9. The number of hydrogen-bond acceptors (Lipinski definition) is 4. The molecule has 0 saturated heterocycles. The molecule has 1 amide bonds. The van der Waals surface area contributed by atoms with Gasteiger partial charge in [0, 0.05) is 12.8 Å². The highest BCUT2D eigenvalue weighted by Crippen LogP contribution is 2.10. The van der Waals surface area contributed by atoms with E-state index in [4.69, 9.17) is 5.73 Å². The Labute approximate surface area is 114 Å². The van der Waals surface area contributed by atoms with Crippen LogP contribution in [0.15, 0.2) is 29.2 Å². The highest BCUT2D eigenvalue weighted by Gasteiger charge is 2.16. The molecule has 1 atom stereocenters. The highest BCUT2D eigenvalue weighted by atomic mass is 32.2. The molecule has 0 saturated carbocycles. The van der Waals surface area contributed by atoms with Crippen molar-refractivity contribution in [3.05, 3.63) is 29.8 Å². The summed E-state index contributed by atoms with van der Waals surface area (Å²) in [5.74, 6) is -0.130. The molecule has 0 radical (unpaired) electrons. The lowest BCUT2D eigenvalue weighted by atomic mass is 10.0. The maximum Gasteiger partial charge on any atom is 0.237 e. The van der Waals surface area contributed by atoms with Crippen molar-refractivity contribution in [3.63, 3.8) is 0 Å². The van der Waals surface area contributed by atoms with Crippen LogP contribution in [-0.2, 0) is 21.2 Å². The third-order valence-corrected chi connectivity index (χ3v) is 3.97. The predicted molar refractivity (Wildman–Crippen MR) is 74.2 cm³/mol. The first-order valence-electron chi connectivity index (χ1n) is 6.04. The van der Waals surface area contributed by atoms with Gasteiger partial charge in [0.2, 0.25) is 5.91 Å². The molecule has 0 bridgehead atoms. The Hall–Kier alpha value is -1.40. The van der Waals surface area contributed by atoms with E-state index in [1.54, 1.807) is 12.1 Å². The third-order valence-electron chi connectivity index (χ3n) is 2.84. The molecule has 106 valence electrons. The second-order valence-electron chi connectivity index (χ2n) is 4.90. The molecular formula is C13H20N2O3S. The summed E-state index contributed by atoms with van der Waals surface area (Å²) in [5.41, 5.74) is 6.54. The van der Waals surface area contributed by atoms with Gasteiger partial charge >= 0.3 is 0 Å². The van der Waals surface area contributed by atoms with Crippen LogP contribution in [0.3, 0.4) is 0 Å². The van der Waals surface area contributed by atoms with E-state index in [1.807, 2.05) is 13.8 Å². The smallest absolute Gasteiger partial charge is 0.237 e. The number of hydrogen-bond donors (Lipinski definition) is 2. The van der Waals surface area contributed by atoms with Crippen LogP contribution < -0.4 is 11.1 Å². The van der Waals surface area contributed by atoms with Crippen LogP contribution in [0.4, 0.5) is 0 Å². The summed E-state index contributed by atoms with van der Waals surface area (Å²) in [6.07, 6.45) is 1.16. The molecule has 0 fully saturated rings. The lowest BCUT2D eigenvalue weighted by Crippen LogP contribution is -2.43. The van der Waals surface area contributed by atoms with Crippen LogP contribution in [0.2, 0.25) is 0 Å². The number of nitrogens with two attached hydrogens (primary N) is 1. The Bertz CT molecular complexity index is 536. The molecule has 6 heteroatoms. The third kappa shape index (κ3) is 4.65. The number of carbonyl (C=O) groups excluding carboxylic acids is 1. The fourth-order valence-electron chi connectivity index (χ4n) is 1.46. The van der Waals surface area contributed by atoms with E-state index >= 15 is 0 Å². The zero-order valence-electron chi connectivity index (χ0n) is 11.4. The lowest BCUT2D eigenvalue weighted by Gasteiger charge is -2.15. The molecule has 0 aromatic heterocycles. The van der Waals surface area contributed by atoms with Gasteiger partial charge < -0.3 is 11.1 Å². The monoisotopic (exact) mass is 284 g/mol. The molecule has 1 aromatic rings. The average Bonchev–Trinajstić information content (AvgIpc) is 2.34. The van der Waals surface area contributed by atoms with Crippen molar-refractivity contribution in [3.8, 4) is 0 Å². The summed E-state index contributed by atoms with van der Waals surface area (Å²) in [5, 5.41) is 2.72. The SMILES string of the molecule is CC(C)[C@@H](N)C(=O)NCc1ccc(S(C)(=O)=O)cc1. The van der Waals surface area contributed by atoms with Crippen LogP contribution in [0.1, 0.15) is 19.4 Å². The number of amides is 1. The molecule has 0 aliphatic rings. The Balaban J connectivity index is 2.63. The van der Waals surface area contributed by atoms with Gasteiger partial charge in [0.15, 0.2) is 9.84 Å². The van der Waals surface area contributed by atoms with Gasteiger partial charge in [0.1, 0.15) is 0 Å². The molecule has 0 heterocycles. The zero-order chi connectivity index (χ0) is 14.6. The lowest BCUT2D eigenvalue weighted by molar-refractivity contribution is -0.123. The van der Waals surface area contributed by atoms with Gasteiger partial charge in [-0.05, 0) is 23.6 Å². The molecule has 1 aromatic carbocycles. The van der Waals surface area contributed by atoms with Crippen molar-refractivity contribution >= 4 is 15.7 Å². The molecule has 0 aliphatic heterocycles. The summed E-state index contributed by atoms with van der Waals surface area (Å²) in [7, 11) is -3.18. The van der Waals surface area contributed by atoms with Crippen LogP contribution in [0.5, 0.6) is 0 Å². The second-order valence-corrected chi connectivity index (χ2v) is 6.92. The van der Waals surface area contributed by atoms with Crippen molar-refractivity contribution < 1.29 is 13.2 Å². The maximum absolute atomic E-state index is 11.7. The molecule has 3 N–H and O–H groups in total. The topological polar surface area (TPSA) is 89.3 Å². The van der Waals surface area contributed by atoms with E-state index in [0.29, 0.717) is 6.54 Å². The second kappa shape index (κ2) is 6.16. The van der Waals surface area contributed by atoms with Gasteiger partial charge in [-0.15, -0.1) is 0 Å². The highest BCUT2D eigenvalue weighted by molar-refractivity contribution is 7.90. The number of rotatable bonds is 5. The molecule has 5 nitrogen and oxygen atoms in total. The quantitative estimate of drug-likeness (QED) is 0.832. The van der Waals surface area contributed by atoms with E-state index in [0.717, 1.165) is 11.8 Å². The van der Waals surface area contributed by atoms with Gasteiger partial charge in [0.05, 0.1) is 10.9 Å². The van der Waals surface area contributed by atoms with Gasteiger partial charge in [-0.25, -0.2) is 8.42 Å². The minimum atomic E-state index is -3.18. The zero-order valence-corrected chi connectivity index (χ0v) is 12.2. The number of sulfone groups is 1. The van der Waals surface area contributed by atoms with E-state index in [9.17, 15) is 13.2 Å². The Morgan fingerprint density at radius 2 is 1.79 bits per heavy atom. The van der Waals surface area contributed by atoms with Crippen molar-refractivity contribution in [1.29, 1.82) is 0 Å². The maximum atomic E-state index is 11.7. The Morgan fingerprint density at radius 1 is 1.26 bits per heavy atom. The van der Waals surface area contributed by atoms with E-state index in [1.165, 1.54) is 12.1 Å². The van der Waals surface area contributed by atoms with E-state index in [-0.39, 0.29) is 16.7 Å². The van der Waals surface area contributed by atoms with Crippen LogP contribution in [-0.4, -0.2) is 26.6 Å². The molecule has 0 spiro atoms. The first-order chi connectivity index (χ1) is 8.71. The molecular weight excluding hydrogens is 264 g/mol. The fraction of sp³-hybridized carbons (Fsp3) is 0.462. The largest absolute Gasteiger partial charge is 0.351 e. The minimum Gasteiger partial charge on any atom is -0.351 e. The molecule has 19 heavy (non-hydrogen) atoms. The van der Waals surface area contributed by atoms with Crippen molar-refractivity contribution in [1.82, 2.24) is 5.32 Å². The molecule has 0 unspecified atom stereocenters. The van der Waals surface area contributed by atoms with Crippen LogP contribution in [0, 0.1) is 5.92 Å².